The van der Waals surface area contributed by atoms with Gasteiger partial charge in [-0.1, -0.05) is 18.2 Å². The Kier molecular flexibility index (Phi) is 4.64. The number of carbonyl (C=O) groups is 2. The SMILES string of the molecule is NC(=O)C(O)C(O)c1ccccc1OCC(=O)O. The Morgan fingerprint density at radius 3 is 2.44 bits per heavy atom. The molecule has 1 rings (SSSR count). The average molecular weight is 255 g/mol. The Bertz CT molecular complexity index is 447. The van der Waals surface area contributed by atoms with E-state index < -0.39 is 30.7 Å². The van der Waals surface area contributed by atoms with E-state index >= 15 is 0 Å². The summed E-state index contributed by atoms with van der Waals surface area (Å²) in [5.41, 5.74) is 4.95. The minimum absolute atomic E-state index is 0.0627. The van der Waals surface area contributed by atoms with Crippen molar-refractivity contribution in [2.45, 2.75) is 12.2 Å². The number of para-hydroxylation sites is 1. The number of rotatable bonds is 6. The molecular formula is C11H13NO6. The van der Waals surface area contributed by atoms with Crippen LogP contribution in [0.3, 0.4) is 0 Å². The molecular weight excluding hydrogens is 242 g/mol. The van der Waals surface area contributed by atoms with Gasteiger partial charge in [0.05, 0.1) is 0 Å². The lowest BCUT2D eigenvalue weighted by molar-refractivity contribution is -0.139. The summed E-state index contributed by atoms with van der Waals surface area (Å²) in [6, 6.07) is 5.91. The third-order valence-electron chi connectivity index (χ3n) is 2.18. The van der Waals surface area contributed by atoms with Gasteiger partial charge in [-0.25, -0.2) is 4.79 Å². The number of aliphatic hydroxyl groups excluding tert-OH is 2. The molecule has 1 aromatic carbocycles. The topological polar surface area (TPSA) is 130 Å². The van der Waals surface area contributed by atoms with Crippen molar-refractivity contribution in [3.05, 3.63) is 29.8 Å². The summed E-state index contributed by atoms with van der Waals surface area (Å²) >= 11 is 0. The highest BCUT2D eigenvalue weighted by Gasteiger charge is 2.26. The standard InChI is InChI=1S/C11H13NO6/c12-11(17)10(16)9(15)6-3-1-2-4-7(6)18-5-8(13)14/h1-4,9-10,15-16H,5H2,(H2,12,17)(H,13,14). The highest BCUT2D eigenvalue weighted by molar-refractivity contribution is 5.79. The molecule has 7 nitrogen and oxygen atoms in total. The van der Waals surface area contributed by atoms with Crippen molar-refractivity contribution in [2.75, 3.05) is 6.61 Å². The van der Waals surface area contributed by atoms with E-state index in [2.05, 4.69) is 0 Å². The molecule has 0 saturated carbocycles. The van der Waals surface area contributed by atoms with Crippen molar-refractivity contribution in [1.82, 2.24) is 0 Å². The van der Waals surface area contributed by atoms with Gasteiger partial charge in [0.2, 0.25) is 5.91 Å². The number of primary amides is 1. The van der Waals surface area contributed by atoms with E-state index in [9.17, 15) is 19.8 Å². The molecule has 0 aromatic heterocycles. The molecule has 2 atom stereocenters. The lowest BCUT2D eigenvalue weighted by Crippen LogP contribution is -2.34. The van der Waals surface area contributed by atoms with Crippen LogP contribution in [0.25, 0.3) is 0 Å². The van der Waals surface area contributed by atoms with Gasteiger partial charge in [0.25, 0.3) is 0 Å². The first-order chi connectivity index (χ1) is 8.43. The van der Waals surface area contributed by atoms with E-state index in [4.69, 9.17) is 15.6 Å². The van der Waals surface area contributed by atoms with Crippen molar-refractivity contribution in [1.29, 1.82) is 0 Å². The van der Waals surface area contributed by atoms with Crippen LogP contribution in [0.4, 0.5) is 0 Å². The minimum Gasteiger partial charge on any atom is -0.482 e. The fraction of sp³-hybridized carbons (Fsp3) is 0.273. The fourth-order valence-corrected chi connectivity index (χ4v) is 1.32. The predicted molar refractivity (Wildman–Crippen MR) is 59.7 cm³/mol. The van der Waals surface area contributed by atoms with Gasteiger partial charge in [-0.15, -0.1) is 0 Å². The minimum atomic E-state index is -1.79. The molecule has 0 fully saturated rings. The van der Waals surface area contributed by atoms with Crippen molar-refractivity contribution in [3.63, 3.8) is 0 Å². The summed E-state index contributed by atoms with van der Waals surface area (Å²) < 4.78 is 4.93. The third kappa shape index (κ3) is 3.44. The Morgan fingerprint density at radius 1 is 1.28 bits per heavy atom. The Labute approximate surface area is 102 Å². The number of hydrogen-bond acceptors (Lipinski definition) is 5. The van der Waals surface area contributed by atoms with E-state index in [-0.39, 0.29) is 11.3 Å². The number of aliphatic hydroxyl groups is 2. The normalized spacial score (nSPS) is 13.7. The molecule has 5 N–H and O–H groups in total. The zero-order valence-electron chi connectivity index (χ0n) is 9.31. The van der Waals surface area contributed by atoms with Crippen molar-refractivity contribution in [3.8, 4) is 5.75 Å². The monoisotopic (exact) mass is 255 g/mol. The number of carboxylic acid groups (broad SMARTS) is 1. The maximum Gasteiger partial charge on any atom is 0.341 e. The lowest BCUT2D eigenvalue weighted by atomic mass is 10.0. The Morgan fingerprint density at radius 2 is 1.89 bits per heavy atom. The largest absolute Gasteiger partial charge is 0.482 e. The first kappa shape index (κ1) is 13.9. The van der Waals surface area contributed by atoms with E-state index in [0.717, 1.165) is 0 Å². The quantitative estimate of drug-likeness (QED) is 0.517. The maximum absolute atomic E-state index is 10.8. The van der Waals surface area contributed by atoms with Crippen molar-refractivity contribution in [2.24, 2.45) is 5.73 Å². The first-order valence-electron chi connectivity index (χ1n) is 5.02. The number of aliphatic carboxylic acids is 1. The second-order valence-corrected chi connectivity index (χ2v) is 3.51. The van der Waals surface area contributed by atoms with Crippen molar-refractivity contribution < 1.29 is 29.6 Å². The summed E-state index contributed by atoms with van der Waals surface area (Å²) in [4.78, 5) is 21.2. The number of ether oxygens (including phenoxy) is 1. The Hall–Kier alpha value is -2.12. The van der Waals surface area contributed by atoms with Gasteiger partial charge in [-0.05, 0) is 6.07 Å². The van der Waals surface area contributed by atoms with E-state index in [1.54, 1.807) is 12.1 Å². The molecule has 2 unspecified atom stereocenters. The molecule has 0 spiro atoms. The van der Waals surface area contributed by atoms with E-state index in [1.807, 2.05) is 0 Å². The second kappa shape index (κ2) is 5.99. The first-order valence-corrected chi connectivity index (χ1v) is 5.02. The molecule has 0 aliphatic rings. The number of carbonyl (C=O) groups excluding carboxylic acids is 1. The molecule has 1 aromatic rings. The molecule has 0 heterocycles. The number of amides is 1. The molecule has 0 radical (unpaired) electrons. The molecule has 0 bridgehead atoms. The van der Waals surface area contributed by atoms with Crippen LogP contribution in [-0.4, -0.2) is 39.9 Å². The zero-order valence-corrected chi connectivity index (χ0v) is 9.31. The lowest BCUT2D eigenvalue weighted by Gasteiger charge is -2.18. The summed E-state index contributed by atoms with van der Waals surface area (Å²) in [6.07, 6.45) is -3.37. The summed E-state index contributed by atoms with van der Waals surface area (Å²) in [5.74, 6) is -2.21. The third-order valence-corrected chi connectivity index (χ3v) is 2.18. The van der Waals surface area contributed by atoms with Crippen LogP contribution >= 0.6 is 0 Å². The fourth-order valence-electron chi connectivity index (χ4n) is 1.32. The van der Waals surface area contributed by atoms with Gasteiger partial charge in [0, 0.05) is 5.56 Å². The van der Waals surface area contributed by atoms with Gasteiger partial charge >= 0.3 is 5.97 Å². The summed E-state index contributed by atoms with van der Waals surface area (Å²) in [5, 5.41) is 27.6. The van der Waals surface area contributed by atoms with Gasteiger partial charge in [0.1, 0.15) is 11.9 Å². The van der Waals surface area contributed by atoms with Crippen LogP contribution in [0.1, 0.15) is 11.7 Å². The molecule has 0 saturated heterocycles. The number of hydrogen-bond donors (Lipinski definition) is 4. The van der Waals surface area contributed by atoms with Crippen LogP contribution in [0.15, 0.2) is 24.3 Å². The maximum atomic E-state index is 10.8. The smallest absolute Gasteiger partial charge is 0.341 e. The van der Waals surface area contributed by atoms with E-state index in [1.165, 1.54) is 12.1 Å². The molecule has 7 heteroatoms. The summed E-state index contributed by atoms with van der Waals surface area (Å²) in [6.45, 7) is -0.601. The Balaban J connectivity index is 2.93. The van der Waals surface area contributed by atoms with Gasteiger partial charge in [-0.3, -0.25) is 4.79 Å². The molecule has 0 aliphatic carbocycles. The van der Waals surface area contributed by atoms with Crippen LogP contribution in [0.2, 0.25) is 0 Å². The molecule has 0 aliphatic heterocycles. The van der Waals surface area contributed by atoms with Crippen molar-refractivity contribution >= 4 is 11.9 Å². The molecule has 1 amide bonds. The number of nitrogens with two attached hydrogens (primary N) is 1. The zero-order chi connectivity index (χ0) is 13.7. The van der Waals surface area contributed by atoms with Crippen LogP contribution in [0.5, 0.6) is 5.75 Å². The van der Waals surface area contributed by atoms with Crippen LogP contribution in [0, 0.1) is 0 Å². The predicted octanol–water partition coefficient (Wildman–Crippen LogP) is -0.970. The highest BCUT2D eigenvalue weighted by Crippen LogP contribution is 2.27. The van der Waals surface area contributed by atoms with Crippen LogP contribution < -0.4 is 10.5 Å². The highest BCUT2D eigenvalue weighted by atomic mass is 16.5. The molecule has 98 valence electrons. The van der Waals surface area contributed by atoms with Gasteiger partial charge in [-0.2, -0.15) is 0 Å². The summed E-state index contributed by atoms with van der Waals surface area (Å²) in [7, 11) is 0. The van der Waals surface area contributed by atoms with E-state index in [0.29, 0.717) is 0 Å². The average Bonchev–Trinajstić information content (AvgIpc) is 2.34. The number of carboxylic acids is 1. The van der Waals surface area contributed by atoms with Gasteiger partial charge in [0.15, 0.2) is 12.7 Å². The second-order valence-electron chi connectivity index (χ2n) is 3.51. The van der Waals surface area contributed by atoms with Crippen LogP contribution in [-0.2, 0) is 9.59 Å². The number of benzene rings is 1. The van der Waals surface area contributed by atoms with Gasteiger partial charge < -0.3 is 25.8 Å². The molecule has 18 heavy (non-hydrogen) atoms.